The van der Waals surface area contributed by atoms with Crippen LogP contribution in [0.25, 0.3) is 55.0 Å². The van der Waals surface area contributed by atoms with E-state index in [-0.39, 0.29) is 10.8 Å². The van der Waals surface area contributed by atoms with E-state index in [9.17, 15) is 0 Å². The molecule has 3 nitrogen and oxygen atoms in total. The van der Waals surface area contributed by atoms with Gasteiger partial charge in [-0.05, 0) is 92.7 Å². The van der Waals surface area contributed by atoms with Crippen LogP contribution < -0.4 is 9.64 Å². The van der Waals surface area contributed by atoms with Gasteiger partial charge in [0.05, 0.1) is 5.39 Å². The summed E-state index contributed by atoms with van der Waals surface area (Å²) in [7, 11) is 0. The highest BCUT2D eigenvalue weighted by Gasteiger charge is 2.38. The number of ether oxygens (including phenoxy) is 1. The van der Waals surface area contributed by atoms with E-state index >= 15 is 0 Å². The molecule has 1 aliphatic heterocycles. The third-order valence-electron chi connectivity index (χ3n) is 12.3. The van der Waals surface area contributed by atoms with Gasteiger partial charge < -0.3 is 14.1 Å². The SMILES string of the molecule is CC1(C)c2ccccc2-c2ccc(N(c3ccc(-c4ccc5ccccc5c4)cc3)c3ccc4c(c3)Oc3c(ccc5oc6ccccc6c35)C4(C)C)cc21. The monoisotopic (exact) mass is 709 g/mol. The van der Waals surface area contributed by atoms with Crippen molar-refractivity contribution in [1.29, 1.82) is 0 Å². The molecule has 264 valence electrons. The van der Waals surface area contributed by atoms with Gasteiger partial charge in [0.15, 0.2) is 0 Å². The van der Waals surface area contributed by atoms with Gasteiger partial charge in [-0.15, -0.1) is 0 Å². The molecular weight excluding hydrogens is 671 g/mol. The third kappa shape index (κ3) is 4.69. The molecule has 0 N–H and O–H groups in total. The number of nitrogens with zero attached hydrogens (tertiary/aromatic N) is 1. The predicted octanol–water partition coefficient (Wildman–Crippen LogP) is 14.6. The number of fused-ring (bicyclic) bond motifs is 10. The van der Waals surface area contributed by atoms with E-state index in [0.29, 0.717) is 0 Å². The number of furan rings is 1. The largest absolute Gasteiger partial charge is 0.456 e. The number of anilines is 3. The van der Waals surface area contributed by atoms with Crippen LogP contribution in [-0.4, -0.2) is 0 Å². The van der Waals surface area contributed by atoms with Crippen molar-refractivity contribution in [2.75, 3.05) is 4.90 Å². The second-order valence-corrected chi connectivity index (χ2v) is 16.2. The Kier molecular flexibility index (Phi) is 6.65. The summed E-state index contributed by atoms with van der Waals surface area (Å²) >= 11 is 0. The number of hydrogen-bond acceptors (Lipinski definition) is 3. The van der Waals surface area contributed by atoms with Gasteiger partial charge in [-0.25, -0.2) is 0 Å². The molecular formula is C52H39NO2. The molecule has 0 unspecified atom stereocenters. The van der Waals surface area contributed by atoms with E-state index in [1.807, 2.05) is 12.1 Å². The first-order valence-electron chi connectivity index (χ1n) is 19.2. The predicted molar refractivity (Wildman–Crippen MR) is 228 cm³/mol. The summed E-state index contributed by atoms with van der Waals surface area (Å²) in [6.07, 6.45) is 0. The zero-order chi connectivity index (χ0) is 37.1. The zero-order valence-corrected chi connectivity index (χ0v) is 31.4. The van der Waals surface area contributed by atoms with Crippen molar-refractivity contribution in [3.63, 3.8) is 0 Å². The molecule has 0 atom stereocenters. The van der Waals surface area contributed by atoms with Gasteiger partial charge in [0.25, 0.3) is 0 Å². The Morgan fingerprint density at radius 1 is 0.436 bits per heavy atom. The van der Waals surface area contributed by atoms with E-state index in [1.165, 1.54) is 44.2 Å². The van der Waals surface area contributed by atoms with Crippen LogP contribution >= 0.6 is 0 Å². The minimum absolute atomic E-state index is 0.126. The van der Waals surface area contributed by atoms with Crippen LogP contribution in [-0.2, 0) is 10.8 Å². The van der Waals surface area contributed by atoms with Gasteiger partial charge in [0.1, 0.15) is 22.7 Å². The number of benzene rings is 8. The Morgan fingerprint density at radius 2 is 1.09 bits per heavy atom. The Labute approximate surface area is 321 Å². The van der Waals surface area contributed by atoms with E-state index in [4.69, 9.17) is 9.15 Å². The van der Waals surface area contributed by atoms with Gasteiger partial charge in [-0.3, -0.25) is 0 Å². The van der Waals surface area contributed by atoms with Crippen LogP contribution in [0.4, 0.5) is 17.1 Å². The average Bonchev–Trinajstić information content (AvgIpc) is 3.70. The van der Waals surface area contributed by atoms with Crippen LogP contribution in [0.3, 0.4) is 0 Å². The highest BCUT2D eigenvalue weighted by molar-refractivity contribution is 6.09. The average molecular weight is 710 g/mol. The summed E-state index contributed by atoms with van der Waals surface area (Å²) in [5, 5.41) is 4.59. The maximum absolute atomic E-state index is 7.03. The van der Waals surface area contributed by atoms with Crippen molar-refractivity contribution in [2.45, 2.75) is 38.5 Å². The lowest BCUT2D eigenvalue weighted by Gasteiger charge is -2.36. The van der Waals surface area contributed by atoms with Crippen LogP contribution in [0.15, 0.2) is 168 Å². The quantitative estimate of drug-likeness (QED) is 0.182. The lowest BCUT2D eigenvalue weighted by Crippen LogP contribution is -2.24. The normalized spacial score (nSPS) is 14.6. The highest BCUT2D eigenvalue weighted by Crippen LogP contribution is 2.54. The molecule has 2 aliphatic rings. The van der Waals surface area contributed by atoms with E-state index < -0.39 is 0 Å². The Bertz CT molecular complexity index is 3020. The standard InChI is InChI=1S/C52H39NO2/c1-51(2)42-15-9-7-13-39(42)40-25-23-37(30-45(40)51)53(36-21-19-33(20-22-36)35-18-17-32-11-5-6-12-34(32)29-35)38-24-26-43-48(31-38)55-50-44(52(43,3)4)27-28-47-49(50)41-14-8-10-16-46(41)54-47/h5-31H,1-4H3. The van der Waals surface area contributed by atoms with Gasteiger partial charge in [0, 0.05) is 50.5 Å². The first-order valence-corrected chi connectivity index (χ1v) is 19.2. The summed E-state index contributed by atoms with van der Waals surface area (Å²) in [5.41, 5.74) is 14.6. The molecule has 0 radical (unpaired) electrons. The first kappa shape index (κ1) is 31.9. The minimum atomic E-state index is -0.288. The molecule has 0 saturated heterocycles. The van der Waals surface area contributed by atoms with Gasteiger partial charge >= 0.3 is 0 Å². The maximum Gasteiger partial charge on any atom is 0.143 e. The molecule has 55 heavy (non-hydrogen) atoms. The molecule has 0 spiro atoms. The van der Waals surface area contributed by atoms with Crippen molar-refractivity contribution >= 4 is 49.8 Å². The second-order valence-electron chi connectivity index (χ2n) is 16.2. The summed E-state index contributed by atoms with van der Waals surface area (Å²) in [5.74, 6) is 1.74. The van der Waals surface area contributed by atoms with Gasteiger partial charge in [-0.2, -0.15) is 0 Å². The Balaban J connectivity index is 1.07. The molecule has 0 fully saturated rings. The molecule has 1 aliphatic carbocycles. The molecule has 1 aromatic heterocycles. The number of hydrogen-bond donors (Lipinski definition) is 0. The molecule has 3 heteroatoms. The lowest BCUT2D eigenvalue weighted by molar-refractivity contribution is 0.423. The highest BCUT2D eigenvalue weighted by atomic mass is 16.5. The summed E-state index contributed by atoms with van der Waals surface area (Å²) in [6, 6.07) is 59.3. The van der Waals surface area contributed by atoms with Gasteiger partial charge in [-0.1, -0.05) is 137 Å². The van der Waals surface area contributed by atoms with Crippen molar-refractivity contribution < 1.29 is 9.15 Å². The smallest absolute Gasteiger partial charge is 0.143 e. The topological polar surface area (TPSA) is 25.6 Å². The first-order chi connectivity index (χ1) is 26.8. The van der Waals surface area contributed by atoms with Crippen molar-refractivity contribution in [3.05, 3.63) is 186 Å². The minimum Gasteiger partial charge on any atom is -0.456 e. The Morgan fingerprint density at radius 3 is 1.96 bits per heavy atom. The molecule has 9 aromatic rings. The molecule has 2 heterocycles. The summed E-state index contributed by atoms with van der Waals surface area (Å²) < 4.78 is 13.3. The second kappa shape index (κ2) is 11.5. The van der Waals surface area contributed by atoms with Crippen molar-refractivity contribution in [1.82, 2.24) is 0 Å². The van der Waals surface area contributed by atoms with E-state index in [2.05, 4.69) is 184 Å². The van der Waals surface area contributed by atoms with E-state index in [1.54, 1.807) is 0 Å². The van der Waals surface area contributed by atoms with E-state index in [0.717, 1.165) is 61.6 Å². The van der Waals surface area contributed by atoms with Crippen LogP contribution in [0.1, 0.15) is 49.9 Å². The van der Waals surface area contributed by atoms with Crippen LogP contribution in [0, 0.1) is 0 Å². The molecule has 0 amide bonds. The lowest BCUT2D eigenvalue weighted by atomic mass is 9.75. The van der Waals surface area contributed by atoms with Gasteiger partial charge in [0.2, 0.25) is 0 Å². The van der Waals surface area contributed by atoms with Crippen molar-refractivity contribution in [2.24, 2.45) is 0 Å². The zero-order valence-electron chi connectivity index (χ0n) is 31.4. The fourth-order valence-electron chi connectivity index (χ4n) is 9.34. The van der Waals surface area contributed by atoms with Crippen molar-refractivity contribution in [3.8, 4) is 33.8 Å². The molecule has 0 saturated carbocycles. The maximum atomic E-state index is 7.03. The fourth-order valence-corrected chi connectivity index (χ4v) is 9.34. The number of rotatable bonds is 4. The summed E-state index contributed by atoms with van der Waals surface area (Å²) in [6.45, 7) is 9.28. The summed E-state index contributed by atoms with van der Waals surface area (Å²) in [4.78, 5) is 2.38. The molecule has 0 bridgehead atoms. The Hall–Kier alpha value is -6.58. The van der Waals surface area contributed by atoms with Crippen LogP contribution in [0.5, 0.6) is 11.5 Å². The number of para-hydroxylation sites is 1. The van der Waals surface area contributed by atoms with Crippen LogP contribution in [0.2, 0.25) is 0 Å². The molecule has 8 aromatic carbocycles. The third-order valence-corrected chi connectivity index (χ3v) is 12.3. The molecule has 11 rings (SSSR count). The fraction of sp³-hybridized carbons (Fsp3) is 0.115.